The number of nitrogens with zero attached hydrogens (tertiary/aromatic N) is 2. The molecule has 0 saturated heterocycles. The maximum absolute atomic E-state index is 12.8. The number of carbonyl (C=O) groups is 1. The summed E-state index contributed by atoms with van der Waals surface area (Å²) in [7, 11) is 0. The Morgan fingerprint density at radius 3 is 2.27 bits per heavy atom. The van der Waals surface area contributed by atoms with Crippen molar-refractivity contribution in [1.82, 2.24) is 4.90 Å². The first-order valence-corrected chi connectivity index (χ1v) is 8.72. The van der Waals surface area contributed by atoms with Crippen LogP contribution in [0.3, 0.4) is 0 Å². The van der Waals surface area contributed by atoms with Crippen LogP contribution < -0.4 is 4.90 Å². The lowest BCUT2D eigenvalue weighted by Gasteiger charge is -2.25. The van der Waals surface area contributed by atoms with Crippen molar-refractivity contribution in [2.24, 2.45) is 5.92 Å². The number of amides is 1. The van der Waals surface area contributed by atoms with Crippen LogP contribution in [0.1, 0.15) is 57.3 Å². The molecule has 1 aromatic carbocycles. The highest BCUT2D eigenvalue weighted by Gasteiger charge is 2.33. The van der Waals surface area contributed by atoms with E-state index in [9.17, 15) is 4.79 Å². The monoisotopic (exact) mass is 302 g/mol. The summed E-state index contributed by atoms with van der Waals surface area (Å²) in [6, 6.07) is 8.64. The van der Waals surface area contributed by atoms with Crippen molar-refractivity contribution in [3.05, 3.63) is 29.8 Å². The second-order valence-corrected chi connectivity index (χ2v) is 6.71. The van der Waals surface area contributed by atoms with E-state index in [2.05, 4.69) is 49.6 Å². The van der Waals surface area contributed by atoms with Gasteiger partial charge in [0.15, 0.2) is 0 Å². The van der Waals surface area contributed by atoms with E-state index in [1.54, 1.807) is 0 Å². The molecule has 22 heavy (non-hydrogen) atoms. The van der Waals surface area contributed by atoms with Crippen molar-refractivity contribution in [1.29, 1.82) is 0 Å². The summed E-state index contributed by atoms with van der Waals surface area (Å²) in [5.74, 6) is 0.713. The molecule has 2 rings (SSSR count). The van der Waals surface area contributed by atoms with E-state index >= 15 is 0 Å². The lowest BCUT2D eigenvalue weighted by atomic mass is 10.1. The number of rotatable bonds is 8. The first-order valence-electron chi connectivity index (χ1n) is 8.72. The number of benzene rings is 1. The predicted molar refractivity (Wildman–Crippen MR) is 93.5 cm³/mol. The maximum Gasteiger partial charge on any atom is 0.254 e. The molecule has 3 nitrogen and oxygen atoms in total. The minimum absolute atomic E-state index is 0.196. The standard InChI is InChI=1S/C19H30N2O/c1-5-13-20(6-2)17-9-7-16(8-10-17)19(22)21(14-15(3)4)18-11-12-18/h7-10,15,18H,5-6,11-14H2,1-4H3. The summed E-state index contributed by atoms with van der Waals surface area (Å²) < 4.78 is 0. The van der Waals surface area contributed by atoms with Crippen LogP contribution in [-0.2, 0) is 0 Å². The Morgan fingerprint density at radius 2 is 1.82 bits per heavy atom. The van der Waals surface area contributed by atoms with Crippen LogP contribution in [0.25, 0.3) is 0 Å². The third-order valence-electron chi connectivity index (χ3n) is 4.17. The second-order valence-electron chi connectivity index (χ2n) is 6.71. The predicted octanol–water partition coefficient (Wildman–Crippen LogP) is 4.18. The van der Waals surface area contributed by atoms with Gasteiger partial charge >= 0.3 is 0 Å². The van der Waals surface area contributed by atoms with E-state index in [1.807, 2.05) is 12.1 Å². The van der Waals surface area contributed by atoms with Gasteiger partial charge < -0.3 is 9.80 Å². The topological polar surface area (TPSA) is 23.6 Å². The molecule has 0 atom stereocenters. The SMILES string of the molecule is CCCN(CC)c1ccc(C(=O)N(CC(C)C)C2CC2)cc1. The van der Waals surface area contributed by atoms with Crippen LogP contribution in [-0.4, -0.2) is 36.5 Å². The van der Waals surface area contributed by atoms with Crippen molar-refractivity contribution >= 4 is 11.6 Å². The van der Waals surface area contributed by atoms with Crippen molar-refractivity contribution in [2.75, 3.05) is 24.5 Å². The van der Waals surface area contributed by atoms with Crippen LogP contribution in [0.15, 0.2) is 24.3 Å². The van der Waals surface area contributed by atoms with Gasteiger partial charge in [0.1, 0.15) is 0 Å². The molecular formula is C19H30N2O. The average molecular weight is 302 g/mol. The normalized spacial score (nSPS) is 14.2. The van der Waals surface area contributed by atoms with Gasteiger partial charge in [-0.2, -0.15) is 0 Å². The number of anilines is 1. The van der Waals surface area contributed by atoms with Gasteiger partial charge in [-0.1, -0.05) is 20.8 Å². The van der Waals surface area contributed by atoms with E-state index < -0.39 is 0 Å². The highest BCUT2D eigenvalue weighted by molar-refractivity contribution is 5.95. The minimum Gasteiger partial charge on any atom is -0.372 e. The van der Waals surface area contributed by atoms with Crippen LogP contribution >= 0.6 is 0 Å². The molecule has 1 amide bonds. The largest absolute Gasteiger partial charge is 0.372 e. The van der Waals surface area contributed by atoms with E-state index in [4.69, 9.17) is 0 Å². The Labute approximate surface area is 135 Å². The Morgan fingerprint density at radius 1 is 1.18 bits per heavy atom. The highest BCUT2D eigenvalue weighted by Crippen LogP contribution is 2.29. The third-order valence-corrected chi connectivity index (χ3v) is 4.17. The zero-order chi connectivity index (χ0) is 16.1. The fourth-order valence-electron chi connectivity index (χ4n) is 2.90. The Kier molecular flexibility index (Phi) is 5.87. The summed E-state index contributed by atoms with van der Waals surface area (Å²) in [5, 5.41) is 0. The number of hydrogen-bond donors (Lipinski definition) is 0. The average Bonchev–Trinajstić information content (AvgIpc) is 3.34. The summed E-state index contributed by atoms with van der Waals surface area (Å²) in [6.07, 6.45) is 3.46. The zero-order valence-corrected chi connectivity index (χ0v) is 14.5. The Balaban J connectivity index is 2.09. The summed E-state index contributed by atoms with van der Waals surface area (Å²) in [5.41, 5.74) is 2.03. The smallest absolute Gasteiger partial charge is 0.254 e. The van der Waals surface area contributed by atoms with Crippen LogP contribution in [0.4, 0.5) is 5.69 Å². The van der Waals surface area contributed by atoms with Crippen molar-refractivity contribution < 1.29 is 4.79 Å². The van der Waals surface area contributed by atoms with Crippen LogP contribution in [0.2, 0.25) is 0 Å². The molecule has 0 aromatic heterocycles. The Hall–Kier alpha value is -1.51. The molecule has 0 spiro atoms. The first-order chi connectivity index (χ1) is 10.6. The van der Waals surface area contributed by atoms with E-state index in [-0.39, 0.29) is 5.91 Å². The summed E-state index contributed by atoms with van der Waals surface area (Å²) in [6.45, 7) is 11.6. The molecule has 0 heterocycles. The van der Waals surface area contributed by atoms with Gasteiger partial charge in [0, 0.05) is 36.9 Å². The molecule has 1 saturated carbocycles. The van der Waals surface area contributed by atoms with Crippen molar-refractivity contribution in [2.45, 2.75) is 53.0 Å². The van der Waals surface area contributed by atoms with Gasteiger partial charge in [-0.05, 0) is 56.4 Å². The molecule has 0 radical (unpaired) electrons. The zero-order valence-electron chi connectivity index (χ0n) is 14.5. The van der Waals surface area contributed by atoms with Gasteiger partial charge in [0.25, 0.3) is 5.91 Å². The van der Waals surface area contributed by atoms with E-state index in [1.165, 1.54) is 5.69 Å². The Bertz CT molecular complexity index is 477. The van der Waals surface area contributed by atoms with Crippen LogP contribution in [0, 0.1) is 5.92 Å². The molecule has 0 bridgehead atoms. The molecule has 1 aromatic rings. The summed E-state index contributed by atoms with van der Waals surface area (Å²) in [4.78, 5) is 17.2. The quantitative estimate of drug-likeness (QED) is 0.719. The summed E-state index contributed by atoms with van der Waals surface area (Å²) >= 11 is 0. The van der Waals surface area contributed by atoms with Crippen LogP contribution in [0.5, 0.6) is 0 Å². The number of carbonyl (C=O) groups excluding carboxylic acids is 1. The molecule has 1 fully saturated rings. The highest BCUT2D eigenvalue weighted by atomic mass is 16.2. The van der Waals surface area contributed by atoms with Gasteiger partial charge in [0.2, 0.25) is 0 Å². The second kappa shape index (κ2) is 7.66. The lowest BCUT2D eigenvalue weighted by molar-refractivity contribution is 0.0722. The van der Waals surface area contributed by atoms with Crippen molar-refractivity contribution in [3.63, 3.8) is 0 Å². The molecule has 1 aliphatic rings. The fraction of sp³-hybridized carbons (Fsp3) is 0.632. The molecule has 0 unspecified atom stereocenters. The van der Waals surface area contributed by atoms with Gasteiger partial charge in [0.05, 0.1) is 0 Å². The third kappa shape index (κ3) is 4.25. The number of hydrogen-bond acceptors (Lipinski definition) is 2. The molecule has 1 aliphatic carbocycles. The molecule has 0 N–H and O–H groups in total. The lowest BCUT2D eigenvalue weighted by Crippen LogP contribution is -2.36. The fourth-order valence-corrected chi connectivity index (χ4v) is 2.90. The van der Waals surface area contributed by atoms with Gasteiger partial charge in [-0.15, -0.1) is 0 Å². The first kappa shape index (κ1) is 16.9. The molecular weight excluding hydrogens is 272 g/mol. The van der Waals surface area contributed by atoms with E-state index in [0.717, 1.165) is 44.5 Å². The molecule has 122 valence electrons. The van der Waals surface area contributed by atoms with Gasteiger partial charge in [-0.3, -0.25) is 4.79 Å². The maximum atomic E-state index is 12.8. The van der Waals surface area contributed by atoms with E-state index in [0.29, 0.717) is 12.0 Å². The van der Waals surface area contributed by atoms with Crippen molar-refractivity contribution in [3.8, 4) is 0 Å². The molecule has 3 heteroatoms. The minimum atomic E-state index is 0.196. The van der Waals surface area contributed by atoms with Gasteiger partial charge in [-0.25, -0.2) is 0 Å². The molecule has 0 aliphatic heterocycles.